The van der Waals surface area contributed by atoms with Crippen LogP contribution in [0, 0.1) is 5.41 Å². The molecule has 2 atom stereocenters. The van der Waals surface area contributed by atoms with Crippen molar-refractivity contribution in [1.82, 2.24) is 5.32 Å². The summed E-state index contributed by atoms with van der Waals surface area (Å²) in [5, 5.41) is 9.17. The van der Waals surface area contributed by atoms with Gasteiger partial charge in [0.2, 0.25) is 0 Å². The molecule has 1 amide bonds. The van der Waals surface area contributed by atoms with Crippen molar-refractivity contribution in [3.8, 4) is 0 Å². The molecular weight excluding hydrogens is 292 g/mol. The Morgan fingerprint density at radius 3 is 2.23 bits per heavy atom. The van der Waals surface area contributed by atoms with E-state index in [4.69, 9.17) is 14.9 Å². The molecule has 0 bridgehead atoms. The summed E-state index contributed by atoms with van der Waals surface area (Å²) < 4.78 is 9.77. The zero-order valence-corrected chi connectivity index (χ0v) is 13.2. The van der Waals surface area contributed by atoms with E-state index in [-0.39, 0.29) is 12.8 Å². The Hall–Kier alpha value is -2.09. The smallest absolute Gasteiger partial charge is 0.328 e. The van der Waals surface area contributed by atoms with Crippen LogP contribution in [0.2, 0.25) is 0 Å². The van der Waals surface area contributed by atoms with E-state index in [1.54, 1.807) is 13.8 Å². The first-order valence-corrected chi connectivity index (χ1v) is 6.80. The topological polar surface area (TPSA) is 123 Å². The molecule has 22 heavy (non-hydrogen) atoms. The molecule has 0 spiro atoms. The van der Waals surface area contributed by atoms with Gasteiger partial charge in [-0.3, -0.25) is 14.4 Å². The second kappa shape index (κ2) is 9.78. The number of amides is 1. The second-order valence-electron chi connectivity index (χ2n) is 4.92. The first-order chi connectivity index (χ1) is 10.2. The summed E-state index contributed by atoms with van der Waals surface area (Å²) in [6, 6.07) is -1.09. The molecule has 0 aromatic rings. The standard InChI is InChI=1S/C14H22N2O6/c1-8(2)22-14(20)11(6-5-10(18)7-15)16-13(19)12(21-4)9(3)17/h7-8,11-12,15H,5-6H2,1-4H3,(H,16,19)/t11-,12-/m0/s1. The van der Waals surface area contributed by atoms with Crippen molar-refractivity contribution in [2.75, 3.05) is 7.11 Å². The van der Waals surface area contributed by atoms with E-state index in [0.29, 0.717) is 6.21 Å². The fraction of sp³-hybridized carbons (Fsp3) is 0.643. The molecule has 0 saturated heterocycles. The maximum absolute atomic E-state index is 11.9. The minimum atomic E-state index is -1.33. The van der Waals surface area contributed by atoms with Gasteiger partial charge < -0.3 is 20.2 Å². The maximum Gasteiger partial charge on any atom is 0.328 e. The van der Waals surface area contributed by atoms with Crippen LogP contribution in [0.3, 0.4) is 0 Å². The molecular formula is C14H22N2O6. The van der Waals surface area contributed by atoms with Crippen molar-refractivity contribution in [3.05, 3.63) is 0 Å². The van der Waals surface area contributed by atoms with Gasteiger partial charge in [-0.05, 0) is 27.2 Å². The highest BCUT2D eigenvalue weighted by Gasteiger charge is 2.29. The first-order valence-electron chi connectivity index (χ1n) is 6.80. The van der Waals surface area contributed by atoms with Gasteiger partial charge in [-0.25, -0.2) is 4.79 Å². The molecule has 0 aliphatic rings. The monoisotopic (exact) mass is 314 g/mol. The molecule has 2 N–H and O–H groups in total. The second-order valence-corrected chi connectivity index (χ2v) is 4.92. The lowest BCUT2D eigenvalue weighted by Gasteiger charge is -2.20. The number of methoxy groups -OCH3 is 1. The molecule has 0 aliphatic heterocycles. The fourth-order valence-electron chi connectivity index (χ4n) is 1.63. The average molecular weight is 314 g/mol. The van der Waals surface area contributed by atoms with Gasteiger partial charge in [-0.15, -0.1) is 0 Å². The fourth-order valence-corrected chi connectivity index (χ4v) is 1.63. The van der Waals surface area contributed by atoms with Gasteiger partial charge in [0.25, 0.3) is 5.91 Å². The molecule has 0 heterocycles. The van der Waals surface area contributed by atoms with Crippen LogP contribution in [0.1, 0.15) is 33.6 Å². The van der Waals surface area contributed by atoms with Gasteiger partial charge >= 0.3 is 5.97 Å². The summed E-state index contributed by atoms with van der Waals surface area (Å²) in [5.74, 6) is -2.47. The SMILES string of the molecule is CO[C@@H](C(C)=O)C(=O)N[C@@H](CCC(=O)C=N)C(=O)OC(C)C. The van der Waals surface area contributed by atoms with Crippen molar-refractivity contribution >= 4 is 29.7 Å². The molecule has 0 radical (unpaired) electrons. The minimum Gasteiger partial charge on any atom is -0.461 e. The third kappa shape index (κ3) is 7.07. The number of carbonyl (C=O) groups is 4. The van der Waals surface area contributed by atoms with Crippen LogP contribution in [0.5, 0.6) is 0 Å². The Kier molecular flexibility index (Phi) is 8.85. The van der Waals surface area contributed by atoms with Gasteiger partial charge in [0.15, 0.2) is 17.7 Å². The number of ketones is 2. The number of esters is 1. The summed E-state index contributed by atoms with van der Waals surface area (Å²) in [7, 11) is 1.20. The minimum absolute atomic E-state index is 0.0279. The quantitative estimate of drug-likeness (QED) is 0.333. The summed E-state index contributed by atoms with van der Waals surface area (Å²) in [4.78, 5) is 46.3. The van der Waals surface area contributed by atoms with Crippen LogP contribution in [0.25, 0.3) is 0 Å². The van der Waals surface area contributed by atoms with Crippen molar-refractivity contribution < 1.29 is 28.7 Å². The Morgan fingerprint density at radius 2 is 1.82 bits per heavy atom. The van der Waals surface area contributed by atoms with E-state index in [2.05, 4.69) is 5.32 Å². The van der Waals surface area contributed by atoms with Gasteiger partial charge in [-0.1, -0.05) is 0 Å². The van der Waals surface area contributed by atoms with E-state index in [9.17, 15) is 19.2 Å². The largest absolute Gasteiger partial charge is 0.461 e. The number of rotatable bonds is 10. The Labute approximate surface area is 129 Å². The number of Topliss-reactive ketones (excluding diaryl/α,β-unsaturated/α-hetero) is 2. The van der Waals surface area contributed by atoms with E-state index in [1.165, 1.54) is 14.0 Å². The number of nitrogens with one attached hydrogen (secondary N) is 2. The van der Waals surface area contributed by atoms with Crippen LogP contribution >= 0.6 is 0 Å². The Balaban J connectivity index is 4.93. The molecule has 0 aliphatic carbocycles. The van der Waals surface area contributed by atoms with Gasteiger partial charge in [0.1, 0.15) is 6.04 Å². The Morgan fingerprint density at radius 1 is 1.23 bits per heavy atom. The summed E-state index contributed by atoms with van der Waals surface area (Å²) in [6.07, 6.45) is -1.21. The lowest BCUT2D eigenvalue weighted by molar-refractivity contribution is -0.154. The van der Waals surface area contributed by atoms with Crippen LogP contribution in [0.15, 0.2) is 0 Å². The summed E-state index contributed by atoms with van der Waals surface area (Å²) >= 11 is 0. The zero-order chi connectivity index (χ0) is 17.3. The normalized spacial score (nSPS) is 13.1. The van der Waals surface area contributed by atoms with E-state index in [0.717, 1.165) is 0 Å². The van der Waals surface area contributed by atoms with Crippen molar-refractivity contribution in [2.24, 2.45) is 0 Å². The third-order valence-electron chi connectivity index (χ3n) is 2.64. The predicted molar refractivity (Wildman–Crippen MR) is 77.7 cm³/mol. The Bertz CT molecular complexity index is 447. The lowest BCUT2D eigenvalue weighted by Crippen LogP contribution is -2.49. The third-order valence-corrected chi connectivity index (χ3v) is 2.64. The molecule has 0 fully saturated rings. The zero-order valence-electron chi connectivity index (χ0n) is 13.2. The summed E-state index contributed by atoms with van der Waals surface area (Å²) in [5.41, 5.74) is 0. The molecule has 0 unspecified atom stereocenters. The van der Waals surface area contributed by atoms with E-state index in [1.807, 2.05) is 0 Å². The molecule has 0 aromatic heterocycles. The van der Waals surface area contributed by atoms with E-state index < -0.39 is 41.7 Å². The van der Waals surface area contributed by atoms with Crippen molar-refractivity contribution in [3.63, 3.8) is 0 Å². The van der Waals surface area contributed by atoms with Crippen LogP contribution in [-0.2, 0) is 28.7 Å². The van der Waals surface area contributed by atoms with Crippen LogP contribution in [0.4, 0.5) is 0 Å². The average Bonchev–Trinajstić information content (AvgIpc) is 2.42. The van der Waals surface area contributed by atoms with Gasteiger partial charge in [-0.2, -0.15) is 0 Å². The molecule has 0 rings (SSSR count). The van der Waals surface area contributed by atoms with Crippen molar-refractivity contribution in [1.29, 1.82) is 5.41 Å². The number of hydrogen-bond acceptors (Lipinski definition) is 7. The summed E-state index contributed by atoms with van der Waals surface area (Å²) in [6.45, 7) is 4.48. The predicted octanol–water partition coefficient (Wildman–Crippen LogP) is 0.0257. The molecule has 124 valence electrons. The molecule has 8 heteroatoms. The maximum atomic E-state index is 11.9. The highest BCUT2D eigenvalue weighted by molar-refractivity contribution is 6.26. The number of ether oxygens (including phenoxy) is 2. The van der Waals surface area contributed by atoms with E-state index >= 15 is 0 Å². The van der Waals surface area contributed by atoms with Gasteiger partial charge in [0.05, 0.1) is 12.3 Å². The first kappa shape index (κ1) is 19.9. The highest BCUT2D eigenvalue weighted by Crippen LogP contribution is 2.05. The van der Waals surface area contributed by atoms with Crippen LogP contribution in [-0.4, -0.2) is 55.0 Å². The number of hydrogen-bond donors (Lipinski definition) is 2. The van der Waals surface area contributed by atoms with Crippen molar-refractivity contribution in [2.45, 2.75) is 51.9 Å². The van der Waals surface area contributed by atoms with Crippen LogP contribution < -0.4 is 5.32 Å². The molecule has 0 aromatic carbocycles. The molecule has 0 saturated carbocycles. The number of carbonyl (C=O) groups excluding carboxylic acids is 4. The highest BCUT2D eigenvalue weighted by atomic mass is 16.5. The van der Waals surface area contributed by atoms with Gasteiger partial charge in [0, 0.05) is 13.5 Å². The lowest BCUT2D eigenvalue weighted by atomic mass is 10.1. The molecule has 8 nitrogen and oxygen atoms in total.